The summed E-state index contributed by atoms with van der Waals surface area (Å²) in [6.45, 7) is 2.12. The van der Waals surface area contributed by atoms with Gasteiger partial charge < -0.3 is 14.8 Å². The Kier molecular flexibility index (Phi) is 4.64. The van der Waals surface area contributed by atoms with E-state index in [4.69, 9.17) is 9.47 Å². The van der Waals surface area contributed by atoms with Gasteiger partial charge in [0.25, 0.3) is 0 Å². The summed E-state index contributed by atoms with van der Waals surface area (Å²) in [5.74, 6) is 1.62. The summed E-state index contributed by atoms with van der Waals surface area (Å²) in [6.07, 6.45) is 0. The summed E-state index contributed by atoms with van der Waals surface area (Å²) >= 11 is 0. The Morgan fingerprint density at radius 2 is 1.70 bits per heavy atom. The minimum atomic E-state index is 0.0945. The normalized spacial score (nSPS) is 12.0. The standard InChI is InChI=1S/C17H21NO2/c1-12-7-5-6-8-14(12)17(18-2)15-10-9-13(19-3)11-16(15)20-4/h5-11,17-18H,1-4H3. The van der Waals surface area contributed by atoms with Gasteiger partial charge >= 0.3 is 0 Å². The van der Waals surface area contributed by atoms with Gasteiger partial charge in [-0.1, -0.05) is 24.3 Å². The zero-order chi connectivity index (χ0) is 14.5. The number of nitrogens with one attached hydrogen (secondary N) is 1. The summed E-state index contributed by atoms with van der Waals surface area (Å²) in [5.41, 5.74) is 3.60. The van der Waals surface area contributed by atoms with E-state index in [1.54, 1.807) is 14.2 Å². The second kappa shape index (κ2) is 6.44. The molecule has 0 amide bonds. The van der Waals surface area contributed by atoms with Gasteiger partial charge in [-0.2, -0.15) is 0 Å². The third-order valence-electron chi connectivity index (χ3n) is 3.54. The molecular formula is C17H21NO2. The van der Waals surface area contributed by atoms with Crippen LogP contribution >= 0.6 is 0 Å². The lowest BCUT2D eigenvalue weighted by Gasteiger charge is -2.22. The molecule has 0 aliphatic carbocycles. The maximum Gasteiger partial charge on any atom is 0.127 e. The molecule has 3 heteroatoms. The van der Waals surface area contributed by atoms with Gasteiger partial charge in [-0.05, 0) is 37.2 Å². The number of benzene rings is 2. The van der Waals surface area contributed by atoms with Crippen molar-refractivity contribution >= 4 is 0 Å². The SMILES string of the molecule is CNC(c1ccccc1C)c1ccc(OC)cc1OC. The van der Waals surface area contributed by atoms with E-state index in [2.05, 4.69) is 36.5 Å². The summed E-state index contributed by atoms with van der Waals surface area (Å²) < 4.78 is 10.8. The molecule has 0 heterocycles. The van der Waals surface area contributed by atoms with Crippen molar-refractivity contribution in [3.63, 3.8) is 0 Å². The van der Waals surface area contributed by atoms with Crippen LogP contribution in [0.25, 0.3) is 0 Å². The van der Waals surface area contributed by atoms with Gasteiger partial charge in [-0.25, -0.2) is 0 Å². The molecule has 0 radical (unpaired) electrons. The fourth-order valence-electron chi connectivity index (χ4n) is 2.45. The molecule has 0 saturated heterocycles. The van der Waals surface area contributed by atoms with Crippen molar-refractivity contribution in [3.05, 3.63) is 59.2 Å². The van der Waals surface area contributed by atoms with Crippen LogP contribution in [-0.4, -0.2) is 21.3 Å². The molecule has 0 aliphatic rings. The number of methoxy groups -OCH3 is 2. The Hall–Kier alpha value is -2.00. The largest absolute Gasteiger partial charge is 0.497 e. The lowest BCUT2D eigenvalue weighted by Crippen LogP contribution is -2.19. The average Bonchev–Trinajstić information content (AvgIpc) is 2.50. The summed E-state index contributed by atoms with van der Waals surface area (Å²) in [5, 5.41) is 3.37. The van der Waals surface area contributed by atoms with Gasteiger partial charge in [0, 0.05) is 11.6 Å². The van der Waals surface area contributed by atoms with Gasteiger partial charge in [0.15, 0.2) is 0 Å². The molecule has 2 rings (SSSR count). The van der Waals surface area contributed by atoms with E-state index in [9.17, 15) is 0 Å². The van der Waals surface area contributed by atoms with Gasteiger partial charge in [0.1, 0.15) is 11.5 Å². The van der Waals surface area contributed by atoms with E-state index in [1.807, 2.05) is 25.2 Å². The minimum absolute atomic E-state index is 0.0945. The molecule has 0 saturated carbocycles. The van der Waals surface area contributed by atoms with Crippen molar-refractivity contribution in [2.75, 3.05) is 21.3 Å². The fraction of sp³-hybridized carbons (Fsp3) is 0.294. The van der Waals surface area contributed by atoms with Gasteiger partial charge in [0.2, 0.25) is 0 Å². The summed E-state index contributed by atoms with van der Waals surface area (Å²) in [7, 11) is 5.30. The molecule has 0 spiro atoms. The van der Waals surface area contributed by atoms with E-state index in [0.29, 0.717) is 0 Å². The first-order valence-corrected chi connectivity index (χ1v) is 6.66. The van der Waals surface area contributed by atoms with Crippen molar-refractivity contribution in [2.45, 2.75) is 13.0 Å². The first-order chi connectivity index (χ1) is 9.71. The topological polar surface area (TPSA) is 30.5 Å². The lowest BCUT2D eigenvalue weighted by molar-refractivity contribution is 0.388. The van der Waals surface area contributed by atoms with Crippen LogP contribution in [-0.2, 0) is 0 Å². The molecule has 20 heavy (non-hydrogen) atoms. The highest BCUT2D eigenvalue weighted by molar-refractivity contribution is 5.47. The van der Waals surface area contributed by atoms with Crippen LogP contribution in [0.1, 0.15) is 22.7 Å². The van der Waals surface area contributed by atoms with E-state index < -0.39 is 0 Å². The van der Waals surface area contributed by atoms with Crippen molar-refractivity contribution in [1.82, 2.24) is 5.32 Å². The number of rotatable bonds is 5. The molecule has 3 nitrogen and oxygen atoms in total. The number of hydrogen-bond acceptors (Lipinski definition) is 3. The van der Waals surface area contributed by atoms with E-state index in [1.165, 1.54) is 11.1 Å². The third-order valence-corrected chi connectivity index (χ3v) is 3.54. The van der Waals surface area contributed by atoms with Gasteiger partial charge in [0.05, 0.1) is 20.3 Å². The summed E-state index contributed by atoms with van der Waals surface area (Å²) in [4.78, 5) is 0. The quantitative estimate of drug-likeness (QED) is 0.905. The highest BCUT2D eigenvalue weighted by atomic mass is 16.5. The first-order valence-electron chi connectivity index (χ1n) is 6.66. The second-order valence-electron chi connectivity index (χ2n) is 4.69. The fourth-order valence-corrected chi connectivity index (χ4v) is 2.45. The van der Waals surface area contributed by atoms with Crippen molar-refractivity contribution < 1.29 is 9.47 Å². The molecule has 1 unspecified atom stereocenters. The highest BCUT2D eigenvalue weighted by Gasteiger charge is 2.18. The molecule has 0 aromatic heterocycles. The Morgan fingerprint density at radius 3 is 2.30 bits per heavy atom. The Balaban J connectivity index is 2.49. The lowest BCUT2D eigenvalue weighted by atomic mass is 9.94. The van der Waals surface area contributed by atoms with Crippen molar-refractivity contribution in [1.29, 1.82) is 0 Å². The predicted molar refractivity (Wildman–Crippen MR) is 81.6 cm³/mol. The molecule has 2 aromatic carbocycles. The molecule has 1 N–H and O–H groups in total. The molecule has 2 aromatic rings. The molecule has 1 atom stereocenters. The van der Waals surface area contributed by atoms with Crippen molar-refractivity contribution in [3.8, 4) is 11.5 Å². The average molecular weight is 271 g/mol. The Morgan fingerprint density at radius 1 is 0.950 bits per heavy atom. The Bertz CT molecular complexity index is 581. The van der Waals surface area contributed by atoms with Crippen LogP contribution in [0.2, 0.25) is 0 Å². The van der Waals surface area contributed by atoms with Crippen LogP contribution in [0.3, 0.4) is 0 Å². The second-order valence-corrected chi connectivity index (χ2v) is 4.69. The van der Waals surface area contributed by atoms with E-state index in [0.717, 1.165) is 17.1 Å². The van der Waals surface area contributed by atoms with Crippen LogP contribution in [0, 0.1) is 6.92 Å². The molecule has 0 bridgehead atoms. The maximum absolute atomic E-state index is 5.51. The molecular weight excluding hydrogens is 250 g/mol. The maximum atomic E-state index is 5.51. The Labute approximate surface area is 120 Å². The zero-order valence-electron chi connectivity index (χ0n) is 12.4. The van der Waals surface area contributed by atoms with Gasteiger partial charge in [-0.3, -0.25) is 0 Å². The van der Waals surface area contributed by atoms with Crippen LogP contribution in [0.5, 0.6) is 11.5 Å². The number of hydrogen-bond donors (Lipinski definition) is 1. The third kappa shape index (κ3) is 2.78. The van der Waals surface area contributed by atoms with E-state index >= 15 is 0 Å². The smallest absolute Gasteiger partial charge is 0.127 e. The summed E-state index contributed by atoms with van der Waals surface area (Å²) in [6, 6.07) is 14.4. The first kappa shape index (κ1) is 14.4. The zero-order valence-corrected chi connectivity index (χ0v) is 12.4. The van der Waals surface area contributed by atoms with Gasteiger partial charge in [-0.15, -0.1) is 0 Å². The number of ether oxygens (including phenoxy) is 2. The van der Waals surface area contributed by atoms with Crippen LogP contribution < -0.4 is 14.8 Å². The van der Waals surface area contributed by atoms with Crippen molar-refractivity contribution in [2.24, 2.45) is 0 Å². The molecule has 0 fully saturated rings. The van der Waals surface area contributed by atoms with Crippen LogP contribution in [0.4, 0.5) is 0 Å². The monoisotopic (exact) mass is 271 g/mol. The minimum Gasteiger partial charge on any atom is -0.497 e. The van der Waals surface area contributed by atoms with Crippen LogP contribution in [0.15, 0.2) is 42.5 Å². The molecule has 106 valence electrons. The molecule has 0 aliphatic heterocycles. The number of aryl methyl sites for hydroxylation is 1. The predicted octanol–water partition coefficient (Wildman–Crippen LogP) is 3.32. The highest BCUT2D eigenvalue weighted by Crippen LogP contribution is 2.33. The van der Waals surface area contributed by atoms with E-state index in [-0.39, 0.29) is 6.04 Å².